The van der Waals surface area contributed by atoms with E-state index in [0.29, 0.717) is 11.3 Å². The largest absolute Gasteiger partial charge is 0.497 e. The van der Waals surface area contributed by atoms with Crippen LogP contribution >= 0.6 is 11.6 Å². The summed E-state index contributed by atoms with van der Waals surface area (Å²) in [5.41, 5.74) is 1.31. The number of nitrogens with zero attached hydrogens (tertiary/aromatic N) is 2. The van der Waals surface area contributed by atoms with E-state index in [1.54, 1.807) is 43.5 Å². The number of non-ortho nitro benzene ring substituents is 1. The lowest BCUT2D eigenvalue weighted by Crippen LogP contribution is -1.92. The van der Waals surface area contributed by atoms with E-state index in [2.05, 4.69) is 4.99 Å². The minimum absolute atomic E-state index is 0.0164. The summed E-state index contributed by atoms with van der Waals surface area (Å²) in [5.74, 6) is 0.732. The maximum atomic E-state index is 10.6. The van der Waals surface area contributed by atoms with E-state index in [-0.39, 0.29) is 10.9 Å². The molecule has 0 fully saturated rings. The lowest BCUT2D eigenvalue weighted by molar-refractivity contribution is -0.384. The molecule has 0 bridgehead atoms. The molecule has 0 saturated heterocycles. The molecule has 0 unspecified atom stereocenters. The van der Waals surface area contributed by atoms with Crippen molar-refractivity contribution in [3.63, 3.8) is 0 Å². The molecule has 0 spiro atoms. The van der Waals surface area contributed by atoms with Crippen molar-refractivity contribution in [1.82, 2.24) is 0 Å². The van der Waals surface area contributed by atoms with E-state index in [1.807, 2.05) is 0 Å². The molecule has 0 radical (unpaired) electrons. The summed E-state index contributed by atoms with van der Waals surface area (Å²) in [7, 11) is 1.59. The van der Waals surface area contributed by atoms with Gasteiger partial charge in [-0.3, -0.25) is 10.1 Å². The summed E-state index contributed by atoms with van der Waals surface area (Å²) in [6, 6.07) is 13.0. The third kappa shape index (κ3) is 3.33. The van der Waals surface area contributed by atoms with Crippen molar-refractivity contribution in [2.45, 2.75) is 0 Å². The maximum absolute atomic E-state index is 10.6. The van der Waals surface area contributed by atoms with Crippen molar-refractivity contribution in [2.75, 3.05) is 7.11 Å². The number of rotatable bonds is 4. The van der Waals surface area contributed by atoms with Crippen LogP contribution in [0.25, 0.3) is 0 Å². The predicted molar refractivity (Wildman–Crippen MR) is 78.1 cm³/mol. The van der Waals surface area contributed by atoms with E-state index >= 15 is 0 Å². The zero-order chi connectivity index (χ0) is 14.5. The zero-order valence-corrected chi connectivity index (χ0v) is 11.4. The quantitative estimate of drug-likeness (QED) is 0.487. The fourth-order valence-corrected chi connectivity index (χ4v) is 1.78. The summed E-state index contributed by atoms with van der Waals surface area (Å²) in [5, 5.41) is 10.8. The van der Waals surface area contributed by atoms with Crippen LogP contribution in [-0.2, 0) is 0 Å². The van der Waals surface area contributed by atoms with Gasteiger partial charge in [-0.05, 0) is 36.4 Å². The number of hydrogen-bond donors (Lipinski definition) is 0. The maximum Gasteiger partial charge on any atom is 0.269 e. The Morgan fingerprint density at radius 3 is 2.25 bits per heavy atom. The Morgan fingerprint density at radius 1 is 1.15 bits per heavy atom. The van der Waals surface area contributed by atoms with Crippen LogP contribution in [0.15, 0.2) is 53.5 Å². The van der Waals surface area contributed by atoms with Gasteiger partial charge >= 0.3 is 0 Å². The average Bonchev–Trinajstić information content (AvgIpc) is 2.48. The van der Waals surface area contributed by atoms with Crippen LogP contribution in [0.1, 0.15) is 5.56 Å². The molecule has 0 aliphatic rings. The summed E-state index contributed by atoms with van der Waals surface area (Å²) in [6.07, 6.45) is 0. The van der Waals surface area contributed by atoms with Crippen molar-refractivity contribution in [2.24, 2.45) is 4.99 Å². The smallest absolute Gasteiger partial charge is 0.269 e. The van der Waals surface area contributed by atoms with Gasteiger partial charge in [-0.1, -0.05) is 11.6 Å². The zero-order valence-electron chi connectivity index (χ0n) is 10.6. The second kappa shape index (κ2) is 6.16. The van der Waals surface area contributed by atoms with Crippen LogP contribution in [0.5, 0.6) is 5.75 Å². The van der Waals surface area contributed by atoms with Gasteiger partial charge in [0.05, 0.1) is 17.7 Å². The second-order valence-electron chi connectivity index (χ2n) is 3.90. The average molecular weight is 291 g/mol. The number of hydrogen-bond acceptors (Lipinski definition) is 4. The van der Waals surface area contributed by atoms with Crippen LogP contribution in [-0.4, -0.2) is 17.2 Å². The van der Waals surface area contributed by atoms with Crippen LogP contribution < -0.4 is 4.74 Å². The van der Waals surface area contributed by atoms with Gasteiger partial charge in [-0.2, -0.15) is 0 Å². The number of nitro benzene ring substituents is 1. The first-order chi connectivity index (χ1) is 9.60. The molecule has 102 valence electrons. The van der Waals surface area contributed by atoms with Crippen molar-refractivity contribution in [3.05, 3.63) is 64.2 Å². The SMILES string of the molecule is COc1ccc(/N=C(\Cl)c2ccc([N+](=O)[O-])cc2)cc1. The molecule has 6 heteroatoms. The third-order valence-corrected chi connectivity index (χ3v) is 2.92. The van der Waals surface area contributed by atoms with Gasteiger partial charge in [-0.15, -0.1) is 0 Å². The summed E-state index contributed by atoms with van der Waals surface area (Å²) < 4.78 is 5.05. The van der Waals surface area contributed by atoms with Gasteiger partial charge in [0.1, 0.15) is 10.9 Å². The third-order valence-electron chi connectivity index (χ3n) is 2.62. The summed E-state index contributed by atoms with van der Waals surface area (Å²) in [6.45, 7) is 0. The summed E-state index contributed by atoms with van der Waals surface area (Å²) >= 11 is 6.10. The molecule has 0 aliphatic heterocycles. The van der Waals surface area contributed by atoms with E-state index < -0.39 is 4.92 Å². The monoisotopic (exact) mass is 290 g/mol. The number of benzene rings is 2. The van der Waals surface area contributed by atoms with Crippen molar-refractivity contribution in [3.8, 4) is 5.75 Å². The minimum atomic E-state index is -0.460. The Hall–Kier alpha value is -2.40. The fraction of sp³-hybridized carbons (Fsp3) is 0.0714. The van der Waals surface area contributed by atoms with Crippen molar-refractivity contribution >= 4 is 28.1 Å². The van der Waals surface area contributed by atoms with Crippen LogP contribution in [0.3, 0.4) is 0 Å². The van der Waals surface area contributed by atoms with Gasteiger partial charge in [0.25, 0.3) is 5.69 Å². The van der Waals surface area contributed by atoms with Gasteiger partial charge in [0.15, 0.2) is 0 Å². The first-order valence-electron chi connectivity index (χ1n) is 5.73. The fourth-order valence-electron chi connectivity index (χ4n) is 1.56. The highest BCUT2D eigenvalue weighted by molar-refractivity contribution is 6.69. The summed E-state index contributed by atoms with van der Waals surface area (Å²) in [4.78, 5) is 14.3. The molecule has 0 aromatic heterocycles. The lowest BCUT2D eigenvalue weighted by atomic mass is 10.2. The molecule has 2 aromatic carbocycles. The highest BCUT2D eigenvalue weighted by Gasteiger charge is 2.06. The molecule has 0 N–H and O–H groups in total. The predicted octanol–water partition coefficient (Wildman–Crippen LogP) is 3.92. The molecule has 5 nitrogen and oxygen atoms in total. The molecule has 0 amide bonds. The molecule has 0 saturated carbocycles. The number of halogens is 1. The molecular formula is C14H11ClN2O3. The molecule has 0 heterocycles. The van der Waals surface area contributed by atoms with Crippen molar-refractivity contribution in [1.29, 1.82) is 0 Å². The molecule has 2 aromatic rings. The highest BCUT2D eigenvalue weighted by atomic mass is 35.5. The van der Waals surface area contributed by atoms with Crippen molar-refractivity contribution < 1.29 is 9.66 Å². The van der Waals surface area contributed by atoms with Crippen LogP contribution in [0, 0.1) is 10.1 Å². The first-order valence-corrected chi connectivity index (χ1v) is 6.11. The van der Waals surface area contributed by atoms with E-state index in [0.717, 1.165) is 5.75 Å². The van der Waals surface area contributed by atoms with Gasteiger partial charge in [-0.25, -0.2) is 4.99 Å². The standard InChI is InChI=1S/C14H11ClN2O3/c1-20-13-8-4-11(5-9-13)16-14(15)10-2-6-12(7-3-10)17(18)19/h2-9H,1H3/b16-14-. The van der Waals surface area contributed by atoms with E-state index in [1.165, 1.54) is 12.1 Å². The lowest BCUT2D eigenvalue weighted by Gasteiger charge is -2.01. The van der Waals surface area contributed by atoms with E-state index in [9.17, 15) is 10.1 Å². The molecule has 0 aliphatic carbocycles. The van der Waals surface area contributed by atoms with Crippen LogP contribution in [0.2, 0.25) is 0 Å². The Labute approximate surface area is 120 Å². The van der Waals surface area contributed by atoms with Gasteiger partial charge < -0.3 is 4.74 Å². The molecule has 20 heavy (non-hydrogen) atoms. The Morgan fingerprint density at radius 2 is 1.75 bits per heavy atom. The topological polar surface area (TPSA) is 64.7 Å². The number of nitro groups is 1. The molecule has 2 rings (SSSR count). The Bertz CT molecular complexity index is 636. The van der Waals surface area contributed by atoms with E-state index in [4.69, 9.17) is 16.3 Å². The number of ether oxygens (including phenoxy) is 1. The number of methoxy groups -OCH3 is 1. The molecule has 0 atom stereocenters. The first kappa shape index (κ1) is 14.0. The minimum Gasteiger partial charge on any atom is -0.497 e. The Balaban J connectivity index is 2.22. The van der Waals surface area contributed by atoms with Gasteiger partial charge in [0.2, 0.25) is 0 Å². The highest BCUT2D eigenvalue weighted by Crippen LogP contribution is 2.21. The molecular weight excluding hydrogens is 280 g/mol. The van der Waals surface area contributed by atoms with Gasteiger partial charge in [0, 0.05) is 17.7 Å². The second-order valence-corrected chi connectivity index (χ2v) is 4.26. The Kier molecular flexibility index (Phi) is 4.32. The normalized spacial score (nSPS) is 11.2. The number of aliphatic imine (C=N–C) groups is 1. The van der Waals surface area contributed by atoms with Crippen LogP contribution in [0.4, 0.5) is 11.4 Å².